The van der Waals surface area contributed by atoms with Crippen molar-refractivity contribution in [3.63, 3.8) is 0 Å². The van der Waals surface area contributed by atoms with Gasteiger partial charge in [0, 0.05) is 11.3 Å². The van der Waals surface area contributed by atoms with E-state index in [2.05, 4.69) is 24.9 Å². The van der Waals surface area contributed by atoms with E-state index in [1.807, 2.05) is 19.1 Å². The lowest BCUT2D eigenvalue weighted by atomic mass is 10.1. The van der Waals surface area contributed by atoms with Crippen LogP contribution in [0.3, 0.4) is 0 Å². The lowest BCUT2D eigenvalue weighted by Crippen LogP contribution is -1.99. The fraction of sp³-hybridized carbons (Fsp3) is 0.412. The summed E-state index contributed by atoms with van der Waals surface area (Å²) in [6, 6.07) is 6.19. The number of hydrogen-bond donors (Lipinski definition) is 1. The Bertz CT molecular complexity index is 644. The first-order valence-corrected chi connectivity index (χ1v) is 8.14. The average Bonchev–Trinajstić information content (AvgIpc) is 2.73. The molecular weight excluding hydrogens is 298 g/mol. The van der Waals surface area contributed by atoms with Crippen LogP contribution in [-0.4, -0.2) is 22.7 Å². The maximum absolute atomic E-state index is 10.8. The summed E-state index contributed by atoms with van der Waals surface area (Å²) in [4.78, 5) is 16.0. The molecule has 0 saturated carbocycles. The first kappa shape index (κ1) is 16.5. The third kappa shape index (κ3) is 4.84. The number of nitrogens with zero attached hydrogens (tertiary/aromatic N) is 1. The number of thiazole rings is 1. The van der Waals surface area contributed by atoms with Crippen molar-refractivity contribution >= 4 is 17.3 Å². The Morgan fingerprint density at radius 2 is 1.91 bits per heavy atom. The second-order valence-electron chi connectivity index (χ2n) is 5.46. The molecule has 0 amide bonds. The van der Waals surface area contributed by atoms with E-state index in [0.29, 0.717) is 6.61 Å². The van der Waals surface area contributed by atoms with Gasteiger partial charge in [-0.05, 0) is 50.5 Å². The van der Waals surface area contributed by atoms with Crippen molar-refractivity contribution in [3.8, 4) is 5.75 Å². The third-order valence-corrected chi connectivity index (χ3v) is 4.46. The molecule has 1 N–H and O–H groups in total. The van der Waals surface area contributed by atoms with Gasteiger partial charge in [-0.15, -0.1) is 11.3 Å². The molecule has 0 aliphatic rings. The highest BCUT2D eigenvalue weighted by atomic mass is 32.1. The Balaban J connectivity index is 1.82. The van der Waals surface area contributed by atoms with Gasteiger partial charge in [0.1, 0.15) is 5.75 Å². The maximum atomic E-state index is 10.8. The van der Waals surface area contributed by atoms with Gasteiger partial charge in [-0.25, -0.2) is 4.98 Å². The van der Waals surface area contributed by atoms with Crippen LogP contribution in [-0.2, 0) is 17.6 Å². The SMILES string of the molecule is Cc1cc(C)cc(OCCCc2nc(C)c(CC(=O)O)s2)c1. The van der Waals surface area contributed by atoms with Crippen molar-refractivity contribution in [2.45, 2.75) is 40.0 Å². The fourth-order valence-corrected chi connectivity index (χ4v) is 3.43. The molecule has 1 aromatic heterocycles. The van der Waals surface area contributed by atoms with Gasteiger partial charge in [-0.2, -0.15) is 0 Å². The summed E-state index contributed by atoms with van der Waals surface area (Å²) in [6.45, 7) is 6.62. The first-order valence-electron chi connectivity index (χ1n) is 7.32. The summed E-state index contributed by atoms with van der Waals surface area (Å²) in [5.74, 6) is 0.0934. The van der Waals surface area contributed by atoms with Gasteiger partial charge in [0.2, 0.25) is 0 Å². The van der Waals surface area contributed by atoms with Crippen molar-refractivity contribution < 1.29 is 14.6 Å². The molecule has 0 unspecified atom stereocenters. The first-order chi connectivity index (χ1) is 10.4. The quantitative estimate of drug-likeness (QED) is 0.790. The molecule has 0 spiro atoms. The summed E-state index contributed by atoms with van der Waals surface area (Å²) >= 11 is 1.49. The molecule has 0 atom stereocenters. The Kier molecular flexibility index (Phi) is 5.55. The number of benzene rings is 1. The summed E-state index contributed by atoms with van der Waals surface area (Å²) in [7, 11) is 0. The van der Waals surface area contributed by atoms with Gasteiger partial charge >= 0.3 is 5.97 Å². The topological polar surface area (TPSA) is 59.4 Å². The van der Waals surface area contributed by atoms with Gasteiger partial charge < -0.3 is 9.84 Å². The van der Waals surface area contributed by atoms with Crippen molar-refractivity contribution in [3.05, 3.63) is 44.9 Å². The molecule has 1 heterocycles. The van der Waals surface area contributed by atoms with E-state index in [0.717, 1.165) is 34.2 Å². The van der Waals surface area contributed by atoms with Crippen LogP contribution >= 0.6 is 11.3 Å². The minimum atomic E-state index is -0.809. The lowest BCUT2D eigenvalue weighted by Gasteiger charge is -2.07. The molecular formula is C17H21NO3S. The Labute approximate surface area is 134 Å². The van der Waals surface area contributed by atoms with E-state index >= 15 is 0 Å². The standard InChI is InChI=1S/C17H21NO3S/c1-11-7-12(2)9-14(8-11)21-6-4-5-16-18-13(3)15(22-16)10-17(19)20/h7-9H,4-6,10H2,1-3H3,(H,19,20). The minimum absolute atomic E-state index is 0.0581. The van der Waals surface area contributed by atoms with Crippen molar-refractivity contribution in [1.82, 2.24) is 4.98 Å². The zero-order valence-electron chi connectivity index (χ0n) is 13.2. The van der Waals surface area contributed by atoms with Gasteiger partial charge in [0.15, 0.2) is 0 Å². The maximum Gasteiger partial charge on any atom is 0.308 e. The van der Waals surface area contributed by atoms with Crippen molar-refractivity contribution in [2.75, 3.05) is 6.61 Å². The van der Waals surface area contributed by atoms with Crippen molar-refractivity contribution in [1.29, 1.82) is 0 Å². The normalized spacial score (nSPS) is 10.7. The number of carboxylic acid groups (broad SMARTS) is 1. The molecule has 0 bridgehead atoms. The van der Waals surface area contributed by atoms with Gasteiger partial charge in [0.05, 0.1) is 23.7 Å². The number of rotatable bonds is 7. The molecule has 2 aromatic rings. The molecule has 0 saturated heterocycles. The number of carboxylic acids is 1. The Morgan fingerprint density at radius 1 is 1.23 bits per heavy atom. The van der Waals surface area contributed by atoms with E-state index in [9.17, 15) is 4.79 Å². The highest BCUT2D eigenvalue weighted by molar-refractivity contribution is 7.11. The minimum Gasteiger partial charge on any atom is -0.494 e. The number of carbonyl (C=O) groups is 1. The van der Waals surface area contributed by atoms with E-state index in [1.165, 1.54) is 22.5 Å². The summed E-state index contributed by atoms with van der Waals surface area (Å²) in [5.41, 5.74) is 3.23. The summed E-state index contributed by atoms with van der Waals surface area (Å²) in [6.07, 6.45) is 1.74. The highest BCUT2D eigenvalue weighted by Crippen LogP contribution is 2.21. The van der Waals surface area contributed by atoms with Crippen molar-refractivity contribution in [2.24, 2.45) is 0 Å². The van der Waals surface area contributed by atoms with Crippen LogP contribution in [0.15, 0.2) is 18.2 Å². The molecule has 118 valence electrons. The third-order valence-electron chi connectivity index (χ3n) is 3.25. The molecule has 0 radical (unpaired) electrons. The molecule has 0 aliphatic carbocycles. The van der Waals surface area contributed by atoms with E-state index in [1.54, 1.807) is 0 Å². The number of hydrogen-bond acceptors (Lipinski definition) is 4. The zero-order valence-corrected chi connectivity index (χ0v) is 14.0. The molecule has 4 nitrogen and oxygen atoms in total. The monoisotopic (exact) mass is 319 g/mol. The van der Waals surface area contributed by atoms with Crippen LogP contribution < -0.4 is 4.74 Å². The average molecular weight is 319 g/mol. The van der Waals surface area contributed by atoms with E-state index in [-0.39, 0.29) is 6.42 Å². The highest BCUT2D eigenvalue weighted by Gasteiger charge is 2.10. The fourth-order valence-electron chi connectivity index (χ4n) is 2.33. The molecule has 0 fully saturated rings. The number of aliphatic carboxylic acids is 1. The number of aromatic nitrogens is 1. The molecule has 2 rings (SSSR count). The lowest BCUT2D eigenvalue weighted by molar-refractivity contribution is -0.136. The predicted molar refractivity (Wildman–Crippen MR) is 87.9 cm³/mol. The second kappa shape index (κ2) is 7.40. The largest absolute Gasteiger partial charge is 0.494 e. The second-order valence-corrected chi connectivity index (χ2v) is 6.63. The van der Waals surface area contributed by atoms with Gasteiger partial charge in [-0.1, -0.05) is 6.07 Å². The Hall–Kier alpha value is -1.88. The zero-order chi connectivity index (χ0) is 16.1. The van der Waals surface area contributed by atoms with Crippen LogP contribution in [0.25, 0.3) is 0 Å². The number of ether oxygens (including phenoxy) is 1. The summed E-state index contributed by atoms with van der Waals surface area (Å²) in [5, 5.41) is 9.83. The van der Waals surface area contributed by atoms with Crippen LogP contribution in [0, 0.1) is 20.8 Å². The van der Waals surface area contributed by atoms with E-state index < -0.39 is 5.97 Å². The van der Waals surface area contributed by atoms with Crippen LogP contribution in [0.5, 0.6) is 5.75 Å². The van der Waals surface area contributed by atoms with Crippen LogP contribution in [0.4, 0.5) is 0 Å². The molecule has 22 heavy (non-hydrogen) atoms. The molecule has 5 heteroatoms. The molecule has 1 aromatic carbocycles. The molecule has 0 aliphatic heterocycles. The van der Waals surface area contributed by atoms with Crippen LogP contribution in [0.2, 0.25) is 0 Å². The Morgan fingerprint density at radius 3 is 2.55 bits per heavy atom. The summed E-state index contributed by atoms with van der Waals surface area (Å²) < 4.78 is 5.77. The van der Waals surface area contributed by atoms with Gasteiger partial charge in [0.25, 0.3) is 0 Å². The smallest absolute Gasteiger partial charge is 0.308 e. The van der Waals surface area contributed by atoms with Gasteiger partial charge in [-0.3, -0.25) is 4.79 Å². The van der Waals surface area contributed by atoms with E-state index in [4.69, 9.17) is 9.84 Å². The van der Waals surface area contributed by atoms with Crippen LogP contribution in [0.1, 0.15) is 33.1 Å². The predicted octanol–water partition coefficient (Wildman–Crippen LogP) is 3.71. The number of aryl methyl sites for hydroxylation is 4.